The van der Waals surface area contributed by atoms with Crippen molar-refractivity contribution in [2.75, 3.05) is 6.54 Å². The molecule has 1 unspecified atom stereocenters. The molecule has 1 atom stereocenters. The van der Waals surface area contributed by atoms with Crippen LogP contribution in [0.25, 0.3) is 0 Å². The third-order valence-electron chi connectivity index (χ3n) is 4.39. The zero-order chi connectivity index (χ0) is 15.0. The van der Waals surface area contributed by atoms with Gasteiger partial charge in [-0.25, -0.2) is 4.39 Å². The summed E-state index contributed by atoms with van der Waals surface area (Å²) in [4.78, 5) is 0. The maximum Gasteiger partial charge on any atom is 0.125 e. The molecule has 0 radical (unpaired) electrons. The van der Waals surface area contributed by atoms with Crippen LogP contribution < -0.4 is 5.73 Å². The van der Waals surface area contributed by atoms with Gasteiger partial charge in [-0.3, -0.25) is 0 Å². The second-order valence-corrected chi connectivity index (χ2v) is 6.23. The lowest BCUT2D eigenvalue weighted by atomic mass is 9.76. The van der Waals surface area contributed by atoms with Gasteiger partial charge in [0.1, 0.15) is 5.82 Å². The Labute approximate surface area is 128 Å². The molecule has 0 saturated heterocycles. The molecule has 110 valence electrons. The van der Waals surface area contributed by atoms with Gasteiger partial charge in [-0.15, -0.1) is 0 Å². The zero-order valence-electron chi connectivity index (χ0n) is 11.5. The summed E-state index contributed by atoms with van der Waals surface area (Å²) in [5, 5.41) is 11.1. The molecule has 2 aromatic rings. The highest BCUT2D eigenvalue weighted by molar-refractivity contribution is 6.30. The summed E-state index contributed by atoms with van der Waals surface area (Å²) < 4.78 is 13.5. The number of fused-ring (bicyclic) bond motifs is 1. The van der Waals surface area contributed by atoms with Crippen LogP contribution in [0.4, 0.5) is 4.39 Å². The van der Waals surface area contributed by atoms with Crippen LogP contribution in [0, 0.1) is 11.2 Å². The fourth-order valence-electron chi connectivity index (χ4n) is 3.26. The molecule has 21 heavy (non-hydrogen) atoms. The van der Waals surface area contributed by atoms with E-state index >= 15 is 0 Å². The summed E-state index contributed by atoms with van der Waals surface area (Å²) in [7, 11) is 0. The monoisotopic (exact) mass is 305 g/mol. The molecule has 3 N–H and O–H groups in total. The quantitative estimate of drug-likeness (QED) is 0.914. The lowest BCUT2D eigenvalue weighted by Crippen LogP contribution is -2.37. The van der Waals surface area contributed by atoms with Crippen LogP contribution in [0.2, 0.25) is 5.02 Å². The lowest BCUT2D eigenvalue weighted by molar-refractivity contribution is 0.0356. The van der Waals surface area contributed by atoms with Gasteiger partial charge >= 0.3 is 0 Å². The van der Waals surface area contributed by atoms with Gasteiger partial charge in [0.2, 0.25) is 0 Å². The van der Waals surface area contributed by atoms with E-state index in [0.717, 1.165) is 0 Å². The number of aliphatic hydroxyl groups is 1. The largest absolute Gasteiger partial charge is 0.388 e. The molecule has 4 heteroatoms. The van der Waals surface area contributed by atoms with E-state index in [1.165, 1.54) is 23.3 Å². The maximum atomic E-state index is 13.5. The first-order chi connectivity index (χ1) is 10.0. The summed E-state index contributed by atoms with van der Waals surface area (Å²) in [6.45, 7) is 0.330. The topological polar surface area (TPSA) is 46.2 Å². The van der Waals surface area contributed by atoms with Crippen LogP contribution in [-0.4, -0.2) is 11.7 Å². The number of nitrogens with two attached hydrogens (primary N) is 1. The minimum atomic E-state index is -0.844. The van der Waals surface area contributed by atoms with Gasteiger partial charge in [0.15, 0.2) is 0 Å². The number of aliphatic hydroxyl groups excluding tert-OH is 1. The Kier molecular flexibility index (Phi) is 3.74. The molecule has 0 aliphatic heterocycles. The van der Waals surface area contributed by atoms with Crippen LogP contribution in [0.3, 0.4) is 0 Å². The summed E-state index contributed by atoms with van der Waals surface area (Å²) in [6, 6.07) is 12.2. The van der Waals surface area contributed by atoms with Crippen molar-refractivity contribution in [1.29, 1.82) is 0 Å². The Morgan fingerprint density at radius 2 is 1.81 bits per heavy atom. The van der Waals surface area contributed by atoms with Gasteiger partial charge in [0.25, 0.3) is 0 Å². The van der Waals surface area contributed by atoms with Gasteiger partial charge in [-0.05, 0) is 47.7 Å². The van der Waals surface area contributed by atoms with Crippen LogP contribution >= 0.6 is 11.6 Å². The maximum absolute atomic E-state index is 13.5. The second-order valence-electron chi connectivity index (χ2n) is 5.79. The Bertz CT molecular complexity index is 628. The predicted octanol–water partition coefficient (Wildman–Crippen LogP) is 3.26. The average Bonchev–Trinajstić information content (AvgIpc) is 2.85. The first kappa shape index (κ1) is 14.5. The number of benzene rings is 2. The SMILES string of the molecule is NCC1(C(O)c2cc(F)cc(Cl)c2)Cc2ccccc2C1. The van der Waals surface area contributed by atoms with Crippen molar-refractivity contribution in [3.05, 3.63) is 70.0 Å². The van der Waals surface area contributed by atoms with E-state index in [1.54, 1.807) is 6.07 Å². The predicted molar refractivity (Wildman–Crippen MR) is 81.7 cm³/mol. The molecule has 0 spiro atoms. The van der Waals surface area contributed by atoms with Crippen molar-refractivity contribution in [1.82, 2.24) is 0 Å². The number of halogens is 2. The molecule has 0 fully saturated rings. The third kappa shape index (κ3) is 2.57. The minimum Gasteiger partial charge on any atom is -0.388 e. The van der Waals surface area contributed by atoms with Crippen molar-refractivity contribution in [2.45, 2.75) is 18.9 Å². The highest BCUT2D eigenvalue weighted by Crippen LogP contribution is 2.45. The highest BCUT2D eigenvalue weighted by Gasteiger charge is 2.42. The second kappa shape index (κ2) is 5.41. The van der Waals surface area contributed by atoms with E-state index < -0.39 is 17.3 Å². The molecule has 0 heterocycles. The van der Waals surface area contributed by atoms with Crippen molar-refractivity contribution in [3.63, 3.8) is 0 Å². The molecule has 1 aliphatic carbocycles. The molecule has 3 rings (SSSR count). The van der Waals surface area contributed by atoms with Crippen LogP contribution in [0.5, 0.6) is 0 Å². The number of rotatable bonds is 3. The van der Waals surface area contributed by atoms with Gasteiger partial charge < -0.3 is 10.8 Å². The van der Waals surface area contributed by atoms with Crippen molar-refractivity contribution in [2.24, 2.45) is 11.1 Å². The molecule has 2 aromatic carbocycles. The summed E-state index contributed by atoms with van der Waals surface area (Å²) >= 11 is 5.90. The molecular formula is C17H17ClFNO. The van der Waals surface area contributed by atoms with Crippen LogP contribution in [0.15, 0.2) is 42.5 Å². The van der Waals surface area contributed by atoms with Gasteiger partial charge in [0.05, 0.1) is 6.10 Å². The Hall–Kier alpha value is -1.42. The lowest BCUT2D eigenvalue weighted by Gasteiger charge is -2.33. The zero-order valence-corrected chi connectivity index (χ0v) is 12.3. The van der Waals surface area contributed by atoms with Crippen LogP contribution in [0.1, 0.15) is 22.8 Å². The first-order valence-corrected chi connectivity index (χ1v) is 7.33. The van der Waals surface area contributed by atoms with E-state index in [2.05, 4.69) is 12.1 Å². The van der Waals surface area contributed by atoms with Crippen molar-refractivity contribution in [3.8, 4) is 0 Å². The van der Waals surface area contributed by atoms with Crippen LogP contribution in [-0.2, 0) is 12.8 Å². The van der Waals surface area contributed by atoms with Gasteiger partial charge in [0, 0.05) is 17.0 Å². The van der Waals surface area contributed by atoms with Crippen molar-refractivity contribution >= 4 is 11.6 Å². The van der Waals surface area contributed by atoms with E-state index in [0.29, 0.717) is 24.9 Å². The molecule has 0 bridgehead atoms. The summed E-state index contributed by atoms with van der Waals surface area (Å²) in [5.74, 6) is -0.445. The van der Waals surface area contributed by atoms with Gasteiger partial charge in [-0.2, -0.15) is 0 Å². The number of hydrogen-bond acceptors (Lipinski definition) is 2. The summed E-state index contributed by atoms with van der Waals surface area (Å²) in [6.07, 6.45) is 0.535. The van der Waals surface area contributed by atoms with E-state index in [9.17, 15) is 9.50 Å². The van der Waals surface area contributed by atoms with Gasteiger partial charge in [-0.1, -0.05) is 35.9 Å². The molecule has 1 aliphatic rings. The summed E-state index contributed by atoms with van der Waals surface area (Å²) in [5.41, 5.74) is 8.36. The Morgan fingerprint density at radius 1 is 1.19 bits per heavy atom. The molecular weight excluding hydrogens is 289 g/mol. The molecule has 0 amide bonds. The molecule has 0 aromatic heterocycles. The fraction of sp³-hybridized carbons (Fsp3) is 0.294. The average molecular weight is 306 g/mol. The van der Waals surface area contributed by atoms with E-state index in [4.69, 9.17) is 17.3 Å². The Morgan fingerprint density at radius 3 is 2.33 bits per heavy atom. The first-order valence-electron chi connectivity index (χ1n) is 6.95. The Balaban J connectivity index is 1.97. The number of hydrogen-bond donors (Lipinski definition) is 2. The highest BCUT2D eigenvalue weighted by atomic mass is 35.5. The van der Waals surface area contributed by atoms with Crippen molar-refractivity contribution < 1.29 is 9.50 Å². The fourth-order valence-corrected chi connectivity index (χ4v) is 3.49. The van der Waals surface area contributed by atoms with E-state index in [1.807, 2.05) is 12.1 Å². The normalized spacial score (nSPS) is 17.5. The molecule has 0 saturated carbocycles. The smallest absolute Gasteiger partial charge is 0.125 e. The minimum absolute atomic E-state index is 0.284. The standard InChI is InChI=1S/C17H17ClFNO/c18-14-5-13(6-15(19)7-14)16(21)17(10-20)8-11-3-1-2-4-12(11)9-17/h1-7,16,21H,8-10,20H2. The molecule has 2 nitrogen and oxygen atoms in total. The third-order valence-corrected chi connectivity index (χ3v) is 4.61. The van der Waals surface area contributed by atoms with E-state index in [-0.39, 0.29) is 5.02 Å².